The van der Waals surface area contributed by atoms with Crippen LogP contribution in [-0.4, -0.2) is 23.1 Å². The van der Waals surface area contributed by atoms with Crippen LogP contribution in [0.5, 0.6) is 0 Å². The smallest absolute Gasteiger partial charge is 0.310 e. The third-order valence-corrected chi connectivity index (χ3v) is 6.43. The molecule has 1 N–H and O–H groups in total. The summed E-state index contributed by atoms with van der Waals surface area (Å²) in [6.45, 7) is 4.29. The van der Waals surface area contributed by atoms with Gasteiger partial charge in [0.15, 0.2) is 0 Å². The van der Waals surface area contributed by atoms with Crippen LogP contribution in [-0.2, 0) is 14.3 Å². The first-order chi connectivity index (χ1) is 10.0. The molecule has 0 heterocycles. The van der Waals surface area contributed by atoms with Crippen LogP contribution >= 0.6 is 0 Å². The number of carboxylic acids is 1. The Morgan fingerprint density at radius 3 is 2.10 bits per heavy atom. The fourth-order valence-electron chi connectivity index (χ4n) is 5.09. The molecule has 0 amide bonds. The molecule has 6 unspecified atom stereocenters. The summed E-state index contributed by atoms with van der Waals surface area (Å²) in [5.74, 6) is -0.830. The molecule has 6 atom stereocenters. The highest BCUT2D eigenvalue weighted by Crippen LogP contribution is 2.58. The Bertz CT molecular complexity index is 427. The molecular weight excluding hydrogens is 268 g/mol. The maximum atomic E-state index is 12.6. The van der Waals surface area contributed by atoms with Gasteiger partial charge in [-0.15, -0.1) is 0 Å². The van der Waals surface area contributed by atoms with Crippen LogP contribution < -0.4 is 0 Å². The van der Waals surface area contributed by atoms with Crippen molar-refractivity contribution in [1.82, 2.24) is 0 Å². The number of carbonyl (C=O) groups excluding carboxylic acids is 1. The number of carbonyl (C=O) groups is 2. The summed E-state index contributed by atoms with van der Waals surface area (Å²) in [6.07, 6.45) is 6.23. The molecule has 4 heteroatoms. The molecule has 0 aromatic heterocycles. The summed E-state index contributed by atoms with van der Waals surface area (Å²) in [4.78, 5) is 24.2. The van der Waals surface area contributed by atoms with Crippen molar-refractivity contribution in [3.8, 4) is 0 Å². The Labute approximate surface area is 126 Å². The third-order valence-electron chi connectivity index (χ3n) is 6.43. The van der Waals surface area contributed by atoms with E-state index in [4.69, 9.17) is 4.74 Å². The fourth-order valence-corrected chi connectivity index (χ4v) is 5.09. The van der Waals surface area contributed by atoms with Gasteiger partial charge < -0.3 is 9.84 Å². The van der Waals surface area contributed by atoms with Gasteiger partial charge in [0.2, 0.25) is 0 Å². The number of carboxylic acid groups (broad SMARTS) is 1. The van der Waals surface area contributed by atoms with E-state index in [0.717, 1.165) is 32.1 Å². The van der Waals surface area contributed by atoms with Gasteiger partial charge in [-0.3, -0.25) is 9.59 Å². The molecule has 21 heavy (non-hydrogen) atoms. The second-order valence-electron chi connectivity index (χ2n) is 7.37. The first kappa shape index (κ1) is 14.9. The predicted octanol–water partition coefficient (Wildman–Crippen LogP) is 3.10. The number of aliphatic carboxylic acids is 1. The van der Waals surface area contributed by atoms with Gasteiger partial charge >= 0.3 is 11.9 Å². The van der Waals surface area contributed by atoms with E-state index in [1.807, 2.05) is 0 Å². The van der Waals surface area contributed by atoms with Gasteiger partial charge in [0.25, 0.3) is 0 Å². The first-order valence-electron chi connectivity index (χ1n) is 8.44. The van der Waals surface area contributed by atoms with Gasteiger partial charge in [-0.1, -0.05) is 20.3 Å². The van der Waals surface area contributed by atoms with Crippen molar-refractivity contribution in [2.75, 3.05) is 0 Å². The van der Waals surface area contributed by atoms with Crippen molar-refractivity contribution >= 4 is 11.9 Å². The predicted molar refractivity (Wildman–Crippen MR) is 77.5 cm³/mol. The average molecular weight is 294 g/mol. The minimum atomic E-state index is -0.813. The normalized spacial score (nSPS) is 43.0. The van der Waals surface area contributed by atoms with Crippen LogP contribution in [0, 0.1) is 35.5 Å². The molecule has 118 valence electrons. The SMILES string of the molecule is CC1C(C)C2CC1C(C(=O)O)C2C(=O)OC1CCCCC1. The molecular formula is C17H26O4. The first-order valence-corrected chi connectivity index (χ1v) is 8.44. The number of hydrogen-bond donors (Lipinski definition) is 1. The van der Waals surface area contributed by atoms with E-state index in [0.29, 0.717) is 11.8 Å². The van der Waals surface area contributed by atoms with Gasteiger partial charge in [0.05, 0.1) is 11.8 Å². The lowest BCUT2D eigenvalue weighted by Gasteiger charge is -2.36. The van der Waals surface area contributed by atoms with Crippen molar-refractivity contribution in [2.24, 2.45) is 35.5 Å². The van der Waals surface area contributed by atoms with Gasteiger partial charge in [-0.25, -0.2) is 0 Å². The molecule has 2 bridgehead atoms. The van der Waals surface area contributed by atoms with Crippen molar-refractivity contribution in [3.05, 3.63) is 0 Å². The highest BCUT2D eigenvalue weighted by molar-refractivity contribution is 5.83. The van der Waals surface area contributed by atoms with Gasteiger partial charge in [0.1, 0.15) is 6.10 Å². The third kappa shape index (κ3) is 2.47. The highest BCUT2D eigenvalue weighted by atomic mass is 16.5. The summed E-state index contributed by atoms with van der Waals surface area (Å²) in [6, 6.07) is 0. The molecule has 0 aromatic carbocycles. The summed E-state index contributed by atoms with van der Waals surface area (Å²) in [5, 5.41) is 9.56. The number of ether oxygens (including phenoxy) is 1. The summed E-state index contributed by atoms with van der Waals surface area (Å²) < 4.78 is 5.69. The minimum Gasteiger partial charge on any atom is -0.481 e. The van der Waals surface area contributed by atoms with Crippen LogP contribution in [0.2, 0.25) is 0 Å². The molecule has 0 radical (unpaired) electrons. The molecule has 0 saturated heterocycles. The van der Waals surface area contributed by atoms with E-state index < -0.39 is 17.8 Å². The van der Waals surface area contributed by atoms with E-state index in [-0.39, 0.29) is 23.9 Å². The van der Waals surface area contributed by atoms with Crippen LogP contribution in [0.3, 0.4) is 0 Å². The topological polar surface area (TPSA) is 63.6 Å². The number of hydrogen-bond acceptors (Lipinski definition) is 3. The van der Waals surface area contributed by atoms with Gasteiger partial charge in [-0.2, -0.15) is 0 Å². The fraction of sp³-hybridized carbons (Fsp3) is 0.882. The van der Waals surface area contributed by atoms with E-state index >= 15 is 0 Å². The van der Waals surface area contributed by atoms with Crippen LogP contribution in [0.25, 0.3) is 0 Å². The molecule has 4 nitrogen and oxygen atoms in total. The zero-order valence-corrected chi connectivity index (χ0v) is 13.0. The van der Waals surface area contributed by atoms with E-state index in [1.54, 1.807) is 0 Å². The van der Waals surface area contributed by atoms with E-state index in [9.17, 15) is 14.7 Å². The molecule has 3 rings (SSSR count). The molecule has 3 saturated carbocycles. The quantitative estimate of drug-likeness (QED) is 0.812. The van der Waals surface area contributed by atoms with Gasteiger partial charge in [0, 0.05) is 0 Å². The standard InChI is InChI=1S/C17H26O4/c1-9-10(2)13-8-12(9)14(16(18)19)15(13)17(20)21-11-6-4-3-5-7-11/h9-15H,3-8H2,1-2H3,(H,18,19). The lowest BCUT2D eigenvalue weighted by Crippen LogP contribution is -2.42. The van der Waals surface area contributed by atoms with E-state index in [2.05, 4.69) is 13.8 Å². The van der Waals surface area contributed by atoms with Gasteiger partial charge in [-0.05, 0) is 55.8 Å². The van der Waals surface area contributed by atoms with E-state index in [1.165, 1.54) is 6.42 Å². The second-order valence-corrected chi connectivity index (χ2v) is 7.37. The van der Waals surface area contributed by atoms with Crippen LogP contribution in [0.15, 0.2) is 0 Å². The molecule has 0 spiro atoms. The largest absolute Gasteiger partial charge is 0.481 e. The monoisotopic (exact) mass is 294 g/mol. The number of rotatable bonds is 3. The summed E-state index contributed by atoms with van der Waals surface area (Å²) in [7, 11) is 0. The summed E-state index contributed by atoms with van der Waals surface area (Å²) >= 11 is 0. The molecule has 3 fully saturated rings. The zero-order valence-electron chi connectivity index (χ0n) is 13.0. The Balaban J connectivity index is 1.73. The Morgan fingerprint density at radius 1 is 0.952 bits per heavy atom. The molecule has 3 aliphatic carbocycles. The Kier molecular flexibility index (Phi) is 3.98. The number of esters is 1. The lowest BCUT2D eigenvalue weighted by molar-refractivity contribution is -0.167. The minimum absolute atomic E-state index is 0.0209. The van der Waals surface area contributed by atoms with Crippen molar-refractivity contribution in [2.45, 2.75) is 58.5 Å². The molecule has 0 aliphatic heterocycles. The number of fused-ring (bicyclic) bond motifs is 2. The average Bonchev–Trinajstić information content (AvgIpc) is 2.98. The Morgan fingerprint density at radius 2 is 1.52 bits per heavy atom. The Hall–Kier alpha value is -1.06. The molecule has 3 aliphatic rings. The highest BCUT2D eigenvalue weighted by Gasteiger charge is 2.60. The van der Waals surface area contributed by atoms with Crippen molar-refractivity contribution < 1.29 is 19.4 Å². The maximum Gasteiger partial charge on any atom is 0.310 e. The van der Waals surface area contributed by atoms with Crippen LogP contribution in [0.1, 0.15) is 52.4 Å². The maximum absolute atomic E-state index is 12.6. The molecule has 0 aromatic rings. The van der Waals surface area contributed by atoms with Crippen molar-refractivity contribution in [3.63, 3.8) is 0 Å². The van der Waals surface area contributed by atoms with Crippen molar-refractivity contribution in [1.29, 1.82) is 0 Å². The van der Waals surface area contributed by atoms with Crippen LogP contribution in [0.4, 0.5) is 0 Å². The summed E-state index contributed by atoms with van der Waals surface area (Å²) in [5.41, 5.74) is 0. The lowest BCUT2D eigenvalue weighted by atomic mass is 9.69. The second kappa shape index (κ2) is 5.62. The zero-order chi connectivity index (χ0) is 15.1.